The number of methoxy groups -OCH3 is 1. The van der Waals surface area contributed by atoms with Crippen LogP contribution >= 0.6 is 0 Å². The number of hydrogen-bond donors (Lipinski definition) is 0. The summed E-state index contributed by atoms with van der Waals surface area (Å²) in [6.07, 6.45) is 4.10. The van der Waals surface area contributed by atoms with Crippen LogP contribution < -0.4 is 14.4 Å². The zero-order valence-electron chi connectivity index (χ0n) is 17.7. The molecule has 2 aromatic rings. The van der Waals surface area contributed by atoms with E-state index in [9.17, 15) is 4.79 Å². The number of carbonyl (C=O) groups is 1. The van der Waals surface area contributed by atoms with E-state index in [1.165, 1.54) is 0 Å². The molecule has 1 amide bonds. The van der Waals surface area contributed by atoms with E-state index in [2.05, 4.69) is 6.92 Å². The maximum atomic E-state index is 13.4. The third kappa shape index (κ3) is 3.77. The highest BCUT2D eigenvalue weighted by atomic mass is 16.7. The van der Waals surface area contributed by atoms with Gasteiger partial charge in [-0.3, -0.25) is 4.79 Å². The summed E-state index contributed by atoms with van der Waals surface area (Å²) in [6, 6.07) is 13.5. The number of anilines is 1. The van der Waals surface area contributed by atoms with Gasteiger partial charge in [0.05, 0.1) is 39.2 Å². The summed E-state index contributed by atoms with van der Waals surface area (Å²) in [5.74, 6) is -0.103. The molecule has 1 spiro atoms. The lowest BCUT2D eigenvalue weighted by atomic mass is 10.1. The number of unbranched alkanes of at least 4 members (excludes halogenated alkanes) is 2. The summed E-state index contributed by atoms with van der Waals surface area (Å²) in [4.78, 5) is 15.1. The highest BCUT2D eigenvalue weighted by Gasteiger charge is 2.54. The lowest BCUT2D eigenvalue weighted by Crippen LogP contribution is -2.47. The van der Waals surface area contributed by atoms with Gasteiger partial charge in [-0.05, 0) is 36.6 Å². The Balaban J connectivity index is 1.56. The Bertz CT molecular complexity index is 891. The van der Waals surface area contributed by atoms with Gasteiger partial charge in [0.15, 0.2) is 11.5 Å². The number of rotatable bonds is 8. The van der Waals surface area contributed by atoms with Crippen LogP contribution in [0.5, 0.6) is 11.5 Å². The SMILES string of the molecule is CCCCCOc1ccc(CN2C(=O)C3(OCCCO3)c3ccccc32)cc1OC. The van der Waals surface area contributed by atoms with Crippen molar-refractivity contribution in [3.05, 3.63) is 53.6 Å². The van der Waals surface area contributed by atoms with Gasteiger partial charge < -0.3 is 23.8 Å². The quantitative estimate of drug-likeness (QED) is 0.603. The van der Waals surface area contributed by atoms with Crippen molar-refractivity contribution in [3.63, 3.8) is 0 Å². The maximum Gasteiger partial charge on any atom is 0.292 e. The largest absolute Gasteiger partial charge is 0.493 e. The fourth-order valence-electron chi connectivity index (χ4n) is 4.00. The molecule has 0 aromatic heterocycles. The van der Waals surface area contributed by atoms with Crippen molar-refractivity contribution in [1.82, 2.24) is 0 Å². The van der Waals surface area contributed by atoms with Crippen molar-refractivity contribution in [3.8, 4) is 11.5 Å². The zero-order valence-corrected chi connectivity index (χ0v) is 17.7. The molecule has 1 saturated heterocycles. The van der Waals surface area contributed by atoms with Crippen LogP contribution in [-0.2, 0) is 26.6 Å². The molecule has 2 aliphatic rings. The first-order valence-corrected chi connectivity index (χ1v) is 10.7. The second-order valence-electron chi connectivity index (χ2n) is 7.62. The van der Waals surface area contributed by atoms with Crippen molar-refractivity contribution >= 4 is 11.6 Å². The highest BCUT2D eigenvalue weighted by Crippen LogP contribution is 2.45. The zero-order chi connectivity index (χ0) is 21.0. The second-order valence-corrected chi connectivity index (χ2v) is 7.62. The minimum atomic E-state index is -1.32. The van der Waals surface area contributed by atoms with Gasteiger partial charge in [0, 0.05) is 5.56 Å². The first kappa shape index (κ1) is 20.7. The van der Waals surface area contributed by atoms with Crippen LogP contribution in [0.2, 0.25) is 0 Å². The molecule has 0 saturated carbocycles. The van der Waals surface area contributed by atoms with Gasteiger partial charge >= 0.3 is 0 Å². The first-order valence-electron chi connectivity index (χ1n) is 10.7. The molecule has 160 valence electrons. The molecule has 6 nitrogen and oxygen atoms in total. The van der Waals surface area contributed by atoms with E-state index >= 15 is 0 Å². The van der Waals surface area contributed by atoms with Gasteiger partial charge in [-0.15, -0.1) is 0 Å². The average Bonchev–Trinajstić information content (AvgIpc) is 3.01. The molecule has 2 aliphatic heterocycles. The predicted molar refractivity (Wildman–Crippen MR) is 114 cm³/mol. The summed E-state index contributed by atoms with van der Waals surface area (Å²) in [6.45, 7) is 4.24. The third-order valence-electron chi connectivity index (χ3n) is 5.55. The van der Waals surface area contributed by atoms with Gasteiger partial charge in [0.25, 0.3) is 11.7 Å². The Morgan fingerprint density at radius 2 is 1.87 bits per heavy atom. The van der Waals surface area contributed by atoms with E-state index in [1.807, 2.05) is 42.5 Å². The number of ether oxygens (including phenoxy) is 4. The van der Waals surface area contributed by atoms with Crippen molar-refractivity contribution in [2.75, 3.05) is 31.8 Å². The van der Waals surface area contributed by atoms with Crippen LogP contribution in [0.15, 0.2) is 42.5 Å². The second kappa shape index (κ2) is 9.06. The van der Waals surface area contributed by atoms with Crippen LogP contribution in [0.4, 0.5) is 5.69 Å². The Hall–Kier alpha value is -2.57. The number of benzene rings is 2. The minimum absolute atomic E-state index is 0.178. The lowest BCUT2D eigenvalue weighted by Gasteiger charge is -2.32. The van der Waals surface area contributed by atoms with Gasteiger partial charge in [-0.2, -0.15) is 0 Å². The van der Waals surface area contributed by atoms with Crippen molar-refractivity contribution in [1.29, 1.82) is 0 Å². The Morgan fingerprint density at radius 1 is 1.07 bits per heavy atom. The molecule has 0 bridgehead atoms. The molecule has 0 radical (unpaired) electrons. The van der Waals surface area contributed by atoms with Crippen LogP contribution in [0.1, 0.15) is 43.7 Å². The predicted octanol–water partition coefficient (Wildman–Crippen LogP) is 4.40. The molecule has 2 aromatic carbocycles. The molecule has 0 unspecified atom stereocenters. The average molecular weight is 411 g/mol. The van der Waals surface area contributed by atoms with Crippen molar-refractivity contribution in [2.45, 2.75) is 44.9 Å². The molecular formula is C24H29NO5. The van der Waals surface area contributed by atoms with Crippen molar-refractivity contribution in [2.24, 2.45) is 0 Å². The standard InChI is InChI=1S/C24H29NO5/c1-3-4-7-13-28-21-12-11-18(16-22(21)27-2)17-25-20-10-6-5-9-19(20)24(23(25)26)29-14-8-15-30-24/h5-6,9-12,16H,3-4,7-8,13-15,17H2,1-2H3. The molecule has 0 atom stereocenters. The topological polar surface area (TPSA) is 57.2 Å². The monoisotopic (exact) mass is 411 g/mol. The van der Waals surface area contributed by atoms with Crippen LogP contribution in [0, 0.1) is 0 Å². The van der Waals surface area contributed by atoms with E-state index in [1.54, 1.807) is 12.0 Å². The molecule has 0 N–H and O–H groups in total. The van der Waals surface area contributed by atoms with Gasteiger partial charge in [-0.25, -0.2) is 0 Å². The fraction of sp³-hybridized carbons (Fsp3) is 0.458. The highest BCUT2D eigenvalue weighted by molar-refractivity contribution is 6.06. The lowest BCUT2D eigenvalue weighted by molar-refractivity contribution is -0.256. The fourth-order valence-corrected chi connectivity index (χ4v) is 4.00. The van der Waals surface area contributed by atoms with Crippen molar-refractivity contribution < 1.29 is 23.7 Å². The van der Waals surface area contributed by atoms with E-state index < -0.39 is 5.79 Å². The first-order chi connectivity index (χ1) is 14.7. The molecule has 2 heterocycles. The summed E-state index contributed by atoms with van der Waals surface area (Å²) in [5, 5.41) is 0. The van der Waals surface area contributed by atoms with Crippen LogP contribution in [-0.4, -0.2) is 32.8 Å². The number of fused-ring (bicyclic) bond motifs is 2. The number of carbonyl (C=O) groups excluding carboxylic acids is 1. The molecule has 30 heavy (non-hydrogen) atoms. The summed E-state index contributed by atoms with van der Waals surface area (Å²) < 4.78 is 23.2. The summed E-state index contributed by atoms with van der Waals surface area (Å²) in [5.41, 5.74) is 2.55. The molecule has 6 heteroatoms. The maximum absolute atomic E-state index is 13.4. The van der Waals surface area contributed by atoms with Crippen LogP contribution in [0.25, 0.3) is 0 Å². The third-order valence-corrected chi connectivity index (χ3v) is 5.55. The number of hydrogen-bond acceptors (Lipinski definition) is 5. The normalized spacial score (nSPS) is 17.3. The summed E-state index contributed by atoms with van der Waals surface area (Å²) in [7, 11) is 1.63. The Labute approximate surface area is 177 Å². The van der Waals surface area contributed by atoms with E-state index in [4.69, 9.17) is 18.9 Å². The Kier molecular flexibility index (Phi) is 6.25. The van der Waals surface area contributed by atoms with Crippen LogP contribution in [0.3, 0.4) is 0 Å². The molecule has 1 fully saturated rings. The van der Waals surface area contributed by atoms with Gasteiger partial charge in [0.2, 0.25) is 0 Å². The molecule has 4 rings (SSSR count). The van der Waals surface area contributed by atoms with Gasteiger partial charge in [-0.1, -0.05) is 44.0 Å². The van der Waals surface area contributed by atoms with E-state index in [0.29, 0.717) is 32.1 Å². The molecular weight excluding hydrogens is 382 g/mol. The smallest absolute Gasteiger partial charge is 0.292 e. The number of para-hydroxylation sites is 1. The molecule has 0 aliphatic carbocycles. The minimum Gasteiger partial charge on any atom is -0.493 e. The number of amides is 1. The number of nitrogens with zero attached hydrogens (tertiary/aromatic N) is 1. The van der Waals surface area contributed by atoms with Gasteiger partial charge in [0.1, 0.15) is 0 Å². The summed E-state index contributed by atoms with van der Waals surface area (Å²) >= 11 is 0. The van der Waals surface area contributed by atoms with E-state index in [0.717, 1.165) is 48.2 Å². The Morgan fingerprint density at radius 3 is 2.63 bits per heavy atom. The van der Waals surface area contributed by atoms with E-state index in [-0.39, 0.29) is 5.91 Å².